The molecule has 0 unspecified atom stereocenters. The van der Waals surface area contributed by atoms with E-state index in [2.05, 4.69) is 10.2 Å². The molecule has 2 aromatic rings. The van der Waals surface area contributed by atoms with Crippen LogP contribution in [0.5, 0.6) is 17.2 Å². The third-order valence-corrected chi connectivity index (χ3v) is 5.01. The van der Waals surface area contributed by atoms with Gasteiger partial charge in [-0.2, -0.15) is 0 Å². The molecular weight excluding hydrogens is 440 g/mol. The summed E-state index contributed by atoms with van der Waals surface area (Å²) in [4.78, 5) is 27.2. The molecule has 1 aliphatic rings. The number of hydrogen-bond donors (Lipinski definition) is 1. The number of carbonyl (C=O) groups is 2. The number of rotatable bonds is 11. The van der Waals surface area contributed by atoms with Gasteiger partial charge in [0.25, 0.3) is 5.91 Å². The van der Waals surface area contributed by atoms with E-state index in [1.54, 1.807) is 0 Å². The van der Waals surface area contributed by atoms with E-state index >= 15 is 0 Å². The van der Waals surface area contributed by atoms with Gasteiger partial charge in [-0.3, -0.25) is 4.79 Å². The number of ether oxygens (including phenoxy) is 5. The first-order valence-corrected chi connectivity index (χ1v) is 11.5. The van der Waals surface area contributed by atoms with Crippen LogP contribution in [-0.2, 0) is 14.3 Å². The summed E-state index contributed by atoms with van der Waals surface area (Å²) in [5.74, 6) is 0.0939. The van der Waals surface area contributed by atoms with E-state index < -0.39 is 18.5 Å². The van der Waals surface area contributed by atoms with Gasteiger partial charge in [-0.1, -0.05) is 0 Å². The van der Waals surface area contributed by atoms with Gasteiger partial charge in [0, 0.05) is 24.5 Å². The minimum absolute atomic E-state index is 0.206. The molecule has 9 nitrogen and oxygen atoms in total. The van der Waals surface area contributed by atoms with E-state index in [1.165, 1.54) is 12.1 Å². The molecule has 184 valence electrons. The molecule has 0 bridgehead atoms. The van der Waals surface area contributed by atoms with Crippen LogP contribution in [0.2, 0.25) is 0 Å². The van der Waals surface area contributed by atoms with Crippen molar-refractivity contribution in [2.75, 3.05) is 62.9 Å². The van der Waals surface area contributed by atoms with Gasteiger partial charge in [0.15, 0.2) is 18.1 Å². The highest BCUT2D eigenvalue weighted by molar-refractivity contribution is 5.96. The minimum Gasteiger partial charge on any atom is -0.490 e. The monoisotopic (exact) mass is 472 g/mol. The van der Waals surface area contributed by atoms with E-state index in [1.807, 2.05) is 45.0 Å². The Bertz CT molecular complexity index is 929. The first-order chi connectivity index (χ1) is 16.5. The maximum atomic E-state index is 12.6. The molecule has 1 saturated heterocycles. The third-order valence-electron chi connectivity index (χ3n) is 5.01. The molecule has 0 saturated carbocycles. The van der Waals surface area contributed by atoms with Crippen molar-refractivity contribution in [2.45, 2.75) is 20.8 Å². The van der Waals surface area contributed by atoms with Crippen LogP contribution in [0.25, 0.3) is 0 Å². The summed E-state index contributed by atoms with van der Waals surface area (Å²) < 4.78 is 27.5. The molecule has 1 aliphatic heterocycles. The molecule has 1 amide bonds. The van der Waals surface area contributed by atoms with Crippen LogP contribution < -0.4 is 24.4 Å². The number of amides is 1. The average molecular weight is 473 g/mol. The van der Waals surface area contributed by atoms with Crippen LogP contribution in [0.15, 0.2) is 36.4 Å². The van der Waals surface area contributed by atoms with E-state index in [-0.39, 0.29) is 5.56 Å². The molecule has 9 heteroatoms. The highest BCUT2D eigenvalue weighted by Crippen LogP contribution is 2.39. The number of anilines is 2. The van der Waals surface area contributed by atoms with E-state index in [9.17, 15) is 9.59 Å². The fourth-order valence-corrected chi connectivity index (χ4v) is 3.50. The van der Waals surface area contributed by atoms with Gasteiger partial charge < -0.3 is 33.9 Å². The van der Waals surface area contributed by atoms with Gasteiger partial charge in [0.05, 0.1) is 38.6 Å². The molecule has 3 rings (SSSR count). The zero-order valence-corrected chi connectivity index (χ0v) is 19.9. The fourth-order valence-electron chi connectivity index (χ4n) is 3.50. The maximum Gasteiger partial charge on any atom is 0.338 e. The molecule has 0 radical (unpaired) electrons. The zero-order valence-electron chi connectivity index (χ0n) is 19.9. The zero-order chi connectivity index (χ0) is 24.3. The van der Waals surface area contributed by atoms with Crippen molar-refractivity contribution in [3.63, 3.8) is 0 Å². The second-order valence-corrected chi connectivity index (χ2v) is 7.37. The highest BCUT2D eigenvalue weighted by Gasteiger charge is 2.20. The first kappa shape index (κ1) is 25.2. The van der Waals surface area contributed by atoms with Gasteiger partial charge in [-0.05, 0) is 57.2 Å². The van der Waals surface area contributed by atoms with E-state index in [0.717, 1.165) is 18.8 Å². The molecular formula is C25H32N2O7. The Labute approximate surface area is 199 Å². The largest absolute Gasteiger partial charge is 0.490 e. The predicted octanol–water partition coefficient (Wildman–Crippen LogP) is 3.51. The molecule has 1 heterocycles. The first-order valence-electron chi connectivity index (χ1n) is 11.5. The summed E-state index contributed by atoms with van der Waals surface area (Å²) in [6.45, 7) is 9.36. The van der Waals surface area contributed by atoms with Crippen LogP contribution in [0, 0.1) is 0 Å². The van der Waals surface area contributed by atoms with Crippen LogP contribution in [-0.4, -0.2) is 64.6 Å². The highest BCUT2D eigenvalue weighted by atomic mass is 16.5. The summed E-state index contributed by atoms with van der Waals surface area (Å²) in [6.07, 6.45) is 0. The lowest BCUT2D eigenvalue weighted by atomic mass is 10.2. The van der Waals surface area contributed by atoms with E-state index in [4.69, 9.17) is 23.7 Å². The molecule has 1 fully saturated rings. The van der Waals surface area contributed by atoms with Crippen molar-refractivity contribution in [2.24, 2.45) is 0 Å². The van der Waals surface area contributed by atoms with Crippen LogP contribution in [0.1, 0.15) is 31.1 Å². The summed E-state index contributed by atoms with van der Waals surface area (Å²) in [7, 11) is 0. The number of nitrogens with one attached hydrogen (secondary N) is 1. The Balaban J connectivity index is 1.60. The number of nitrogens with zero attached hydrogens (tertiary/aromatic N) is 1. The summed E-state index contributed by atoms with van der Waals surface area (Å²) in [5, 5.41) is 2.74. The Morgan fingerprint density at radius 2 is 1.50 bits per heavy atom. The Morgan fingerprint density at radius 3 is 2.06 bits per heavy atom. The number of benzene rings is 2. The standard InChI is InChI=1S/C25H32N2O7/c1-4-31-21-15-18(16-22(32-5-2)24(21)33-6-3)25(29)34-17-23(28)26-19-7-9-20(10-8-19)27-11-13-30-14-12-27/h7-10,15-16H,4-6,11-14,17H2,1-3H3,(H,26,28). The SMILES string of the molecule is CCOc1cc(C(=O)OCC(=O)Nc2ccc(N3CCOCC3)cc2)cc(OCC)c1OCC. The van der Waals surface area contributed by atoms with Crippen molar-refractivity contribution in [1.82, 2.24) is 0 Å². The number of morpholine rings is 1. The normalized spacial score (nSPS) is 13.2. The Hall–Kier alpha value is -3.46. The van der Waals surface area contributed by atoms with Crippen molar-refractivity contribution in [3.05, 3.63) is 42.0 Å². The van der Waals surface area contributed by atoms with Crippen molar-refractivity contribution < 1.29 is 33.3 Å². The smallest absolute Gasteiger partial charge is 0.338 e. The number of esters is 1. The summed E-state index contributed by atoms with van der Waals surface area (Å²) in [6, 6.07) is 10.6. The molecule has 0 aromatic heterocycles. The molecule has 34 heavy (non-hydrogen) atoms. The summed E-state index contributed by atoms with van der Waals surface area (Å²) >= 11 is 0. The quantitative estimate of drug-likeness (QED) is 0.497. The average Bonchev–Trinajstić information content (AvgIpc) is 2.85. The van der Waals surface area contributed by atoms with Gasteiger partial charge >= 0.3 is 5.97 Å². The molecule has 0 aliphatic carbocycles. The van der Waals surface area contributed by atoms with Gasteiger partial charge in [-0.15, -0.1) is 0 Å². The minimum atomic E-state index is -0.664. The second-order valence-electron chi connectivity index (χ2n) is 7.37. The van der Waals surface area contributed by atoms with Gasteiger partial charge in [-0.25, -0.2) is 4.79 Å². The van der Waals surface area contributed by atoms with E-state index in [0.29, 0.717) is 56.0 Å². The second kappa shape index (κ2) is 12.7. The molecule has 2 aromatic carbocycles. The fraction of sp³-hybridized carbons (Fsp3) is 0.440. The topological polar surface area (TPSA) is 95.6 Å². The third kappa shape index (κ3) is 6.77. The van der Waals surface area contributed by atoms with Crippen molar-refractivity contribution >= 4 is 23.3 Å². The maximum absolute atomic E-state index is 12.6. The number of carbonyl (C=O) groups excluding carboxylic acids is 2. The molecule has 0 spiro atoms. The lowest BCUT2D eigenvalue weighted by Crippen LogP contribution is -2.36. The lowest BCUT2D eigenvalue weighted by molar-refractivity contribution is -0.119. The van der Waals surface area contributed by atoms with Crippen molar-refractivity contribution in [3.8, 4) is 17.2 Å². The predicted molar refractivity (Wildman–Crippen MR) is 128 cm³/mol. The Morgan fingerprint density at radius 1 is 0.912 bits per heavy atom. The lowest BCUT2D eigenvalue weighted by Gasteiger charge is -2.28. The molecule has 1 N–H and O–H groups in total. The van der Waals surface area contributed by atoms with Crippen LogP contribution in [0.4, 0.5) is 11.4 Å². The Kier molecular flexibility index (Phi) is 9.40. The van der Waals surface area contributed by atoms with Crippen molar-refractivity contribution in [1.29, 1.82) is 0 Å². The van der Waals surface area contributed by atoms with Gasteiger partial charge in [0.2, 0.25) is 5.75 Å². The van der Waals surface area contributed by atoms with Crippen LogP contribution >= 0.6 is 0 Å². The summed E-state index contributed by atoms with van der Waals surface area (Å²) in [5.41, 5.74) is 1.90. The molecule has 0 atom stereocenters. The number of hydrogen-bond acceptors (Lipinski definition) is 8. The van der Waals surface area contributed by atoms with Gasteiger partial charge in [0.1, 0.15) is 0 Å². The van der Waals surface area contributed by atoms with Crippen LogP contribution in [0.3, 0.4) is 0 Å².